The Morgan fingerprint density at radius 2 is 2.29 bits per heavy atom. The van der Waals surface area contributed by atoms with Gasteiger partial charge in [0.25, 0.3) is 0 Å². The lowest BCUT2D eigenvalue weighted by atomic mass is 10.0. The Labute approximate surface area is 101 Å². The summed E-state index contributed by atoms with van der Waals surface area (Å²) in [6.07, 6.45) is 3.35. The summed E-state index contributed by atoms with van der Waals surface area (Å²) in [5.41, 5.74) is 6.07. The lowest BCUT2D eigenvalue weighted by molar-refractivity contribution is 0.801. The van der Waals surface area contributed by atoms with Gasteiger partial charge < -0.3 is 5.32 Å². The van der Waals surface area contributed by atoms with E-state index in [0.29, 0.717) is 0 Å². The van der Waals surface area contributed by atoms with Crippen LogP contribution in [0.5, 0.6) is 0 Å². The predicted octanol–water partition coefficient (Wildman–Crippen LogP) is 3.00. The van der Waals surface area contributed by atoms with Crippen LogP contribution in [0.1, 0.15) is 24.6 Å². The molecule has 3 heteroatoms. The highest BCUT2D eigenvalue weighted by atomic mass is 15.2. The fourth-order valence-electron chi connectivity index (χ4n) is 2.38. The number of nitrogens with zero attached hydrogens (tertiary/aromatic N) is 1. The fourth-order valence-corrected chi connectivity index (χ4v) is 2.38. The number of hydrogen-bond acceptors (Lipinski definition) is 2. The number of H-pyrrole nitrogens is 1. The molecule has 0 saturated carbocycles. The molecule has 1 aliphatic heterocycles. The minimum atomic E-state index is 1.05. The first-order valence-electron chi connectivity index (χ1n) is 6.29. The molecular weight excluding hydrogens is 210 g/mol. The monoisotopic (exact) mass is 227 g/mol. The van der Waals surface area contributed by atoms with Crippen LogP contribution in [0.15, 0.2) is 24.3 Å². The molecule has 0 unspecified atom stereocenters. The average Bonchev–Trinajstić information content (AvgIpc) is 2.82. The van der Waals surface area contributed by atoms with Crippen molar-refractivity contribution < 1.29 is 0 Å². The third-order valence-electron chi connectivity index (χ3n) is 3.36. The molecule has 0 atom stereocenters. The van der Waals surface area contributed by atoms with Gasteiger partial charge in [0.15, 0.2) is 0 Å². The van der Waals surface area contributed by atoms with Gasteiger partial charge in [0.05, 0.1) is 11.4 Å². The number of aromatic nitrogens is 2. The molecule has 0 bridgehead atoms. The maximum atomic E-state index is 4.46. The number of aromatic amines is 1. The number of anilines is 1. The summed E-state index contributed by atoms with van der Waals surface area (Å²) in [6, 6.07) is 8.63. The van der Waals surface area contributed by atoms with Crippen LogP contribution < -0.4 is 5.32 Å². The molecule has 0 aliphatic carbocycles. The first-order chi connectivity index (χ1) is 8.38. The SMILES string of the molecule is CCc1cccc(-c2n[nH]c3c2NCCC3)c1. The second kappa shape index (κ2) is 4.24. The summed E-state index contributed by atoms with van der Waals surface area (Å²) < 4.78 is 0. The van der Waals surface area contributed by atoms with Gasteiger partial charge in [0, 0.05) is 12.1 Å². The molecule has 0 spiro atoms. The van der Waals surface area contributed by atoms with Crippen molar-refractivity contribution in [2.24, 2.45) is 0 Å². The van der Waals surface area contributed by atoms with Crippen molar-refractivity contribution in [2.45, 2.75) is 26.2 Å². The Hall–Kier alpha value is -1.77. The molecule has 3 rings (SSSR count). The predicted molar refractivity (Wildman–Crippen MR) is 70.2 cm³/mol. The van der Waals surface area contributed by atoms with Crippen LogP contribution in [0.25, 0.3) is 11.3 Å². The third kappa shape index (κ3) is 1.82. The molecule has 1 aromatic carbocycles. The Bertz CT molecular complexity index is 528. The van der Waals surface area contributed by atoms with Gasteiger partial charge in [-0.2, -0.15) is 5.10 Å². The lowest BCUT2D eigenvalue weighted by Gasteiger charge is -2.14. The topological polar surface area (TPSA) is 40.7 Å². The van der Waals surface area contributed by atoms with E-state index in [9.17, 15) is 0 Å². The van der Waals surface area contributed by atoms with Crippen molar-refractivity contribution in [1.29, 1.82) is 0 Å². The average molecular weight is 227 g/mol. The lowest BCUT2D eigenvalue weighted by Crippen LogP contribution is -2.10. The summed E-state index contributed by atoms with van der Waals surface area (Å²) in [5, 5.41) is 11.1. The second-order valence-electron chi connectivity index (χ2n) is 4.51. The molecule has 17 heavy (non-hydrogen) atoms. The summed E-state index contributed by atoms with van der Waals surface area (Å²) in [5.74, 6) is 0. The zero-order chi connectivity index (χ0) is 11.7. The van der Waals surface area contributed by atoms with Crippen molar-refractivity contribution in [2.75, 3.05) is 11.9 Å². The molecule has 0 radical (unpaired) electrons. The van der Waals surface area contributed by atoms with Gasteiger partial charge in [-0.1, -0.05) is 25.1 Å². The molecule has 3 nitrogen and oxygen atoms in total. The van der Waals surface area contributed by atoms with E-state index in [0.717, 1.165) is 25.1 Å². The number of benzene rings is 1. The quantitative estimate of drug-likeness (QED) is 0.828. The summed E-state index contributed by atoms with van der Waals surface area (Å²) in [4.78, 5) is 0. The molecule has 0 fully saturated rings. The van der Waals surface area contributed by atoms with Crippen molar-refractivity contribution >= 4 is 5.69 Å². The number of rotatable bonds is 2. The Balaban J connectivity index is 2.05. The molecule has 0 amide bonds. The Morgan fingerprint density at radius 3 is 3.18 bits per heavy atom. The summed E-state index contributed by atoms with van der Waals surface area (Å²) >= 11 is 0. The van der Waals surface area contributed by atoms with E-state index in [1.165, 1.54) is 28.9 Å². The molecular formula is C14H17N3. The highest BCUT2D eigenvalue weighted by Gasteiger charge is 2.17. The maximum Gasteiger partial charge on any atom is 0.115 e. The van der Waals surface area contributed by atoms with E-state index in [1.807, 2.05) is 0 Å². The first-order valence-corrected chi connectivity index (χ1v) is 6.29. The number of fused-ring (bicyclic) bond motifs is 1. The van der Waals surface area contributed by atoms with Gasteiger partial charge in [0.1, 0.15) is 5.69 Å². The maximum absolute atomic E-state index is 4.46. The largest absolute Gasteiger partial charge is 0.382 e. The molecule has 2 heterocycles. The van der Waals surface area contributed by atoms with E-state index in [1.54, 1.807) is 0 Å². The molecule has 0 saturated heterocycles. The number of aryl methyl sites for hydroxylation is 2. The van der Waals surface area contributed by atoms with Crippen molar-refractivity contribution in [3.05, 3.63) is 35.5 Å². The van der Waals surface area contributed by atoms with Crippen LogP contribution in [0, 0.1) is 0 Å². The standard InChI is InChI=1S/C14H17N3/c1-2-10-5-3-6-11(9-10)13-14-12(16-17-13)7-4-8-15-14/h3,5-6,9,15H,2,4,7-8H2,1H3,(H,16,17). The van der Waals surface area contributed by atoms with Crippen molar-refractivity contribution in [3.8, 4) is 11.3 Å². The normalized spacial score (nSPS) is 14.2. The van der Waals surface area contributed by atoms with Gasteiger partial charge in [-0.3, -0.25) is 5.10 Å². The van der Waals surface area contributed by atoms with Gasteiger partial charge >= 0.3 is 0 Å². The highest BCUT2D eigenvalue weighted by Crippen LogP contribution is 2.31. The van der Waals surface area contributed by atoms with Gasteiger partial charge in [-0.15, -0.1) is 0 Å². The second-order valence-corrected chi connectivity index (χ2v) is 4.51. The zero-order valence-electron chi connectivity index (χ0n) is 10.1. The van der Waals surface area contributed by atoms with Gasteiger partial charge in [0.2, 0.25) is 0 Å². The third-order valence-corrected chi connectivity index (χ3v) is 3.36. The van der Waals surface area contributed by atoms with E-state index < -0.39 is 0 Å². The highest BCUT2D eigenvalue weighted by molar-refractivity contribution is 5.77. The first kappa shape index (κ1) is 10.4. The van der Waals surface area contributed by atoms with E-state index in [4.69, 9.17) is 0 Å². The van der Waals surface area contributed by atoms with Crippen LogP contribution in [0.3, 0.4) is 0 Å². The van der Waals surface area contributed by atoms with Gasteiger partial charge in [-0.05, 0) is 30.9 Å². The number of nitrogens with one attached hydrogen (secondary N) is 2. The minimum Gasteiger partial charge on any atom is -0.382 e. The summed E-state index contributed by atoms with van der Waals surface area (Å²) in [6.45, 7) is 3.23. The molecule has 88 valence electrons. The zero-order valence-corrected chi connectivity index (χ0v) is 10.1. The van der Waals surface area contributed by atoms with Crippen LogP contribution in [0.2, 0.25) is 0 Å². The minimum absolute atomic E-state index is 1.05. The number of hydrogen-bond donors (Lipinski definition) is 2. The van der Waals surface area contributed by atoms with E-state index in [-0.39, 0.29) is 0 Å². The fraction of sp³-hybridized carbons (Fsp3) is 0.357. The van der Waals surface area contributed by atoms with Crippen LogP contribution >= 0.6 is 0 Å². The Kier molecular flexibility index (Phi) is 2.59. The van der Waals surface area contributed by atoms with Crippen LogP contribution in [0.4, 0.5) is 5.69 Å². The van der Waals surface area contributed by atoms with Gasteiger partial charge in [-0.25, -0.2) is 0 Å². The molecule has 2 N–H and O–H groups in total. The van der Waals surface area contributed by atoms with Crippen molar-refractivity contribution in [1.82, 2.24) is 10.2 Å². The summed E-state index contributed by atoms with van der Waals surface area (Å²) in [7, 11) is 0. The van der Waals surface area contributed by atoms with Crippen LogP contribution in [-0.4, -0.2) is 16.7 Å². The molecule has 1 aromatic heterocycles. The van der Waals surface area contributed by atoms with Crippen LogP contribution in [-0.2, 0) is 12.8 Å². The molecule has 1 aliphatic rings. The van der Waals surface area contributed by atoms with E-state index >= 15 is 0 Å². The van der Waals surface area contributed by atoms with E-state index in [2.05, 4.69) is 46.7 Å². The molecule has 2 aromatic rings. The smallest absolute Gasteiger partial charge is 0.115 e. The Morgan fingerprint density at radius 1 is 1.35 bits per heavy atom. The van der Waals surface area contributed by atoms with Crippen molar-refractivity contribution in [3.63, 3.8) is 0 Å².